The molecule has 2 aromatic carbocycles. The lowest BCUT2D eigenvalue weighted by molar-refractivity contribution is 0.0689. The number of H-pyrrole nitrogens is 1. The maximum absolute atomic E-state index is 14.4. The van der Waals surface area contributed by atoms with Gasteiger partial charge in [-0.15, -0.1) is 16.5 Å². The largest absolute Gasteiger partial charge is 0.477 e. The Morgan fingerprint density at radius 3 is 2.60 bits per heavy atom. The third-order valence-electron chi connectivity index (χ3n) is 5.19. The minimum Gasteiger partial charge on any atom is -0.477 e. The van der Waals surface area contributed by atoms with Gasteiger partial charge in [0.2, 0.25) is 0 Å². The molecule has 0 radical (unpaired) electrons. The lowest BCUT2D eigenvalue weighted by Crippen LogP contribution is -2.22. The van der Waals surface area contributed by atoms with Gasteiger partial charge in [-0.1, -0.05) is 4.48 Å². The molecule has 5 N–H and O–H groups in total. The van der Waals surface area contributed by atoms with E-state index < -0.39 is 23.6 Å². The molecule has 0 atom stereocenters. The zero-order valence-electron chi connectivity index (χ0n) is 18.0. The first-order valence-electron chi connectivity index (χ1n) is 10.4. The number of nitrogens with one attached hydrogen (secondary N) is 2. The van der Waals surface area contributed by atoms with Crippen LogP contribution in [0.4, 0.5) is 19.7 Å². The molecular weight excluding hydrogens is 480 g/mol. The van der Waals surface area contributed by atoms with Crippen molar-refractivity contribution in [3.05, 3.63) is 76.2 Å². The molecule has 0 saturated carbocycles. The average Bonchev–Trinajstić information content (AvgIpc) is 3.46. The van der Waals surface area contributed by atoms with E-state index in [1.807, 2.05) is 0 Å². The first kappa shape index (κ1) is 24.0. The van der Waals surface area contributed by atoms with Crippen LogP contribution in [0.1, 0.15) is 43.3 Å². The predicted octanol–water partition coefficient (Wildman–Crippen LogP) is 4.14. The van der Waals surface area contributed by atoms with Crippen molar-refractivity contribution in [3.63, 3.8) is 0 Å². The third kappa shape index (κ3) is 5.03. The number of nitrogens with zero attached hydrogens (tertiary/aromatic N) is 2. The number of aromatic carboxylic acids is 1. The minimum atomic E-state index is -1.11. The summed E-state index contributed by atoms with van der Waals surface area (Å²) in [7, 11) is 0. The second-order valence-electron chi connectivity index (χ2n) is 7.49. The van der Waals surface area contributed by atoms with E-state index in [4.69, 9.17) is 5.73 Å². The SMILES string of the molecule is NCCCc1c(C(=O)O)[nH]c2ccc(C(=O)Nc3nc(C(=O)N(F)c4ccc(F)cc4)cs3)cc12. The molecule has 12 heteroatoms. The molecule has 0 bridgehead atoms. The number of aromatic amines is 1. The van der Waals surface area contributed by atoms with Gasteiger partial charge in [0.15, 0.2) is 5.13 Å². The molecule has 2 aromatic heterocycles. The summed E-state index contributed by atoms with van der Waals surface area (Å²) in [6.45, 7) is 0.383. The van der Waals surface area contributed by atoms with Crippen molar-refractivity contribution < 1.29 is 28.4 Å². The number of aromatic nitrogens is 2. The van der Waals surface area contributed by atoms with E-state index in [2.05, 4.69) is 15.3 Å². The standard InChI is InChI=1S/C23H19F2N5O4S/c24-13-4-6-14(7-5-13)30(25)21(32)18-11-35-23(28-18)29-20(31)12-3-8-17-16(10-12)15(2-1-9-26)19(27-17)22(33)34/h3-8,10-11,27H,1-2,9,26H2,(H,33,34)(H,28,29,31). The van der Waals surface area contributed by atoms with Gasteiger partial charge < -0.3 is 15.8 Å². The van der Waals surface area contributed by atoms with Crippen molar-refractivity contribution in [2.75, 3.05) is 17.0 Å². The summed E-state index contributed by atoms with van der Waals surface area (Å²) >= 11 is 0.927. The van der Waals surface area contributed by atoms with Crippen LogP contribution in [0.3, 0.4) is 0 Å². The van der Waals surface area contributed by atoms with Crippen molar-refractivity contribution >= 4 is 50.8 Å². The molecule has 9 nitrogen and oxygen atoms in total. The molecular formula is C23H19F2N5O4S. The molecule has 35 heavy (non-hydrogen) atoms. The molecule has 180 valence electrons. The highest BCUT2D eigenvalue weighted by atomic mass is 32.1. The van der Waals surface area contributed by atoms with E-state index in [-0.39, 0.29) is 32.9 Å². The molecule has 0 saturated heterocycles. The number of fused-ring (bicyclic) bond motifs is 1. The Hall–Kier alpha value is -4.16. The van der Waals surface area contributed by atoms with E-state index in [9.17, 15) is 28.4 Å². The Kier molecular flexibility index (Phi) is 6.85. The van der Waals surface area contributed by atoms with Crippen LogP contribution >= 0.6 is 11.3 Å². The number of rotatable bonds is 8. The number of amides is 2. The number of carbonyl (C=O) groups excluding carboxylic acids is 2. The highest BCUT2D eigenvalue weighted by Crippen LogP contribution is 2.26. The Morgan fingerprint density at radius 2 is 1.91 bits per heavy atom. The number of thiazole rings is 1. The molecule has 2 heterocycles. The number of anilines is 2. The number of halogens is 2. The van der Waals surface area contributed by atoms with E-state index >= 15 is 0 Å². The molecule has 0 aliphatic heterocycles. The zero-order chi connectivity index (χ0) is 25.1. The Morgan fingerprint density at radius 1 is 1.17 bits per heavy atom. The summed E-state index contributed by atoms with van der Waals surface area (Å²) in [6.07, 6.45) is 0.998. The summed E-state index contributed by atoms with van der Waals surface area (Å²) in [5, 5.41) is 13.8. The summed E-state index contributed by atoms with van der Waals surface area (Å²) in [6, 6.07) is 8.94. The first-order valence-corrected chi connectivity index (χ1v) is 11.3. The minimum absolute atomic E-state index is 0.0472. The number of nitrogens with two attached hydrogens (primary N) is 1. The first-order chi connectivity index (χ1) is 16.8. The van der Waals surface area contributed by atoms with Gasteiger partial charge in [-0.05, 0) is 67.4 Å². The van der Waals surface area contributed by atoms with Crippen LogP contribution in [-0.2, 0) is 6.42 Å². The van der Waals surface area contributed by atoms with Gasteiger partial charge in [-0.2, -0.15) is 0 Å². The maximum atomic E-state index is 14.4. The second-order valence-corrected chi connectivity index (χ2v) is 8.35. The lowest BCUT2D eigenvalue weighted by Gasteiger charge is -2.10. The number of aryl methyl sites for hydroxylation is 1. The molecule has 4 rings (SSSR count). The van der Waals surface area contributed by atoms with Gasteiger partial charge in [-0.3, -0.25) is 14.9 Å². The van der Waals surface area contributed by atoms with Crippen LogP contribution in [0, 0.1) is 5.82 Å². The van der Waals surface area contributed by atoms with E-state index in [0.717, 1.165) is 35.6 Å². The van der Waals surface area contributed by atoms with Gasteiger partial charge in [0.05, 0.1) is 5.69 Å². The summed E-state index contributed by atoms with van der Waals surface area (Å²) in [5.41, 5.74) is 6.57. The number of benzene rings is 2. The van der Waals surface area contributed by atoms with Crippen molar-refractivity contribution in [1.29, 1.82) is 0 Å². The number of carboxylic acid groups (broad SMARTS) is 1. The van der Waals surface area contributed by atoms with Crippen molar-refractivity contribution in [2.24, 2.45) is 5.73 Å². The zero-order valence-corrected chi connectivity index (χ0v) is 18.9. The van der Waals surface area contributed by atoms with Crippen LogP contribution < -0.4 is 16.2 Å². The Bertz CT molecular complexity index is 1420. The van der Waals surface area contributed by atoms with Crippen LogP contribution in [-0.4, -0.2) is 39.4 Å². The van der Waals surface area contributed by atoms with Gasteiger partial charge >= 0.3 is 11.9 Å². The number of carboxylic acids is 1. The van der Waals surface area contributed by atoms with Gasteiger partial charge in [0.1, 0.15) is 17.2 Å². The van der Waals surface area contributed by atoms with Gasteiger partial charge in [-0.25, -0.2) is 14.2 Å². The van der Waals surface area contributed by atoms with E-state index in [1.165, 1.54) is 11.4 Å². The van der Waals surface area contributed by atoms with Crippen molar-refractivity contribution in [2.45, 2.75) is 12.8 Å². The van der Waals surface area contributed by atoms with Crippen LogP contribution in [0.25, 0.3) is 10.9 Å². The second kappa shape index (κ2) is 9.99. The quantitative estimate of drug-likeness (QED) is 0.269. The maximum Gasteiger partial charge on any atom is 0.352 e. The monoisotopic (exact) mass is 499 g/mol. The van der Waals surface area contributed by atoms with E-state index in [1.54, 1.807) is 12.1 Å². The van der Waals surface area contributed by atoms with Crippen LogP contribution in [0.5, 0.6) is 0 Å². The average molecular weight is 499 g/mol. The molecule has 0 fully saturated rings. The topological polar surface area (TPSA) is 141 Å². The fourth-order valence-electron chi connectivity index (χ4n) is 3.50. The highest BCUT2D eigenvalue weighted by Gasteiger charge is 2.22. The van der Waals surface area contributed by atoms with Crippen molar-refractivity contribution in [1.82, 2.24) is 9.97 Å². The smallest absolute Gasteiger partial charge is 0.352 e. The fraction of sp³-hybridized carbons (Fsp3) is 0.130. The summed E-state index contributed by atoms with van der Waals surface area (Å²) in [5.74, 6) is -3.30. The number of hydrogen-bond donors (Lipinski definition) is 4. The molecule has 2 amide bonds. The molecule has 0 aliphatic rings. The summed E-state index contributed by atoms with van der Waals surface area (Å²) in [4.78, 5) is 43.6. The molecule has 0 unspecified atom stereocenters. The van der Waals surface area contributed by atoms with Crippen LogP contribution in [0.2, 0.25) is 0 Å². The highest BCUT2D eigenvalue weighted by molar-refractivity contribution is 7.14. The van der Waals surface area contributed by atoms with Gasteiger partial charge in [0.25, 0.3) is 5.91 Å². The van der Waals surface area contributed by atoms with Gasteiger partial charge in [0, 0.05) is 21.8 Å². The molecule has 0 spiro atoms. The lowest BCUT2D eigenvalue weighted by atomic mass is 10.0. The van der Waals surface area contributed by atoms with Crippen molar-refractivity contribution in [3.8, 4) is 0 Å². The molecule has 4 aromatic rings. The molecule has 0 aliphatic carbocycles. The van der Waals surface area contributed by atoms with E-state index in [0.29, 0.717) is 35.9 Å². The third-order valence-corrected chi connectivity index (χ3v) is 5.95. The fourth-order valence-corrected chi connectivity index (χ4v) is 4.18. The summed E-state index contributed by atoms with van der Waals surface area (Å²) < 4.78 is 27.4. The number of hydrogen-bond acceptors (Lipinski definition) is 6. The normalized spacial score (nSPS) is 10.9. The number of carbonyl (C=O) groups is 3. The predicted molar refractivity (Wildman–Crippen MR) is 127 cm³/mol. The van der Waals surface area contributed by atoms with Crippen LogP contribution in [0.15, 0.2) is 47.8 Å². The Balaban J connectivity index is 1.53. The Labute approximate surface area is 201 Å².